The average molecular weight is 677 g/mol. The monoisotopic (exact) mass is 675 g/mol. The summed E-state index contributed by atoms with van der Waals surface area (Å²) in [6.45, 7) is -0.279. The van der Waals surface area contributed by atoms with Gasteiger partial charge in [-0.3, -0.25) is 23.7 Å². The molecule has 1 N–H and O–H groups in total. The van der Waals surface area contributed by atoms with Crippen molar-refractivity contribution in [1.29, 1.82) is 0 Å². The second-order valence-electron chi connectivity index (χ2n) is 10.6. The Morgan fingerprint density at radius 2 is 1.64 bits per heavy atom. The summed E-state index contributed by atoms with van der Waals surface area (Å²) in [5, 5.41) is 4.89. The number of nitrogens with zero attached hydrogens (tertiary/aromatic N) is 2. The Bertz CT molecular complexity index is 2070. The number of thiazole rings is 1. The van der Waals surface area contributed by atoms with Gasteiger partial charge in [-0.25, -0.2) is 4.90 Å². The number of amides is 3. The number of carbonyl (C=O) groups excluding carboxylic acids is 3. The number of hydrogen-bond acceptors (Lipinski definition) is 7. The molecule has 12 heteroatoms. The first kappa shape index (κ1) is 29.6. The van der Waals surface area contributed by atoms with E-state index in [4.69, 9.17) is 27.9 Å². The molecule has 0 aliphatic carbocycles. The Morgan fingerprint density at radius 1 is 0.911 bits per heavy atom. The van der Waals surface area contributed by atoms with Crippen molar-refractivity contribution >= 4 is 86.2 Å². The van der Waals surface area contributed by atoms with Crippen molar-refractivity contribution in [3.63, 3.8) is 0 Å². The van der Waals surface area contributed by atoms with E-state index in [1.165, 1.54) is 16.6 Å². The van der Waals surface area contributed by atoms with Crippen LogP contribution in [0.2, 0.25) is 10.0 Å². The van der Waals surface area contributed by atoms with Gasteiger partial charge in [-0.15, -0.1) is 0 Å². The Labute approximate surface area is 275 Å². The third-order valence-corrected chi connectivity index (χ3v) is 11.5. The van der Waals surface area contributed by atoms with Crippen LogP contribution in [0, 0.1) is 5.92 Å². The summed E-state index contributed by atoms with van der Waals surface area (Å²) in [4.78, 5) is 56.4. The number of thioether (sulfide) groups is 1. The summed E-state index contributed by atoms with van der Waals surface area (Å²) in [5.74, 6) is -2.24. The molecule has 0 bridgehead atoms. The zero-order chi connectivity index (χ0) is 31.4. The van der Waals surface area contributed by atoms with Gasteiger partial charge in [-0.05, 0) is 47.3 Å². The first-order chi connectivity index (χ1) is 21.8. The third-order valence-electron chi connectivity index (χ3n) is 8.06. The summed E-state index contributed by atoms with van der Waals surface area (Å²) < 4.78 is 6.62. The highest BCUT2D eigenvalue weighted by Crippen LogP contribution is 2.55. The molecule has 1 saturated heterocycles. The zero-order valence-corrected chi connectivity index (χ0v) is 26.7. The van der Waals surface area contributed by atoms with Crippen molar-refractivity contribution in [3.8, 4) is 5.75 Å². The minimum atomic E-state index is -0.867. The molecule has 45 heavy (non-hydrogen) atoms. The van der Waals surface area contributed by atoms with E-state index in [1.807, 2.05) is 36.4 Å². The molecule has 8 nitrogen and oxygen atoms in total. The quantitative estimate of drug-likeness (QED) is 0.199. The Hall–Kier alpha value is -4.09. The molecule has 3 heterocycles. The second kappa shape index (κ2) is 11.7. The normalized spacial score (nSPS) is 19.0. The van der Waals surface area contributed by atoms with Crippen LogP contribution < -0.4 is 19.8 Å². The molecule has 3 atom stereocenters. The van der Waals surface area contributed by atoms with Gasteiger partial charge >= 0.3 is 4.87 Å². The van der Waals surface area contributed by atoms with Crippen LogP contribution in [0.3, 0.4) is 0 Å². The molecule has 0 radical (unpaired) electrons. The molecule has 1 fully saturated rings. The number of benzene rings is 4. The van der Waals surface area contributed by atoms with Crippen molar-refractivity contribution in [3.05, 3.63) is 115 Å². The first-order valence-electron chi connectivity index (χ1n) is 13.9. The largest absolute Gasteiger partial charge is 0.497 e. The number of rotatable bonds is 6. The van der Waals surface area contributed by atoms with E-state index in [0.29, 0.717) is 32.6 Å². The Balaban J connectivity index is 1.29. The van der Waals surface area contributed by atoms with Crippen molar-refractivity contribution in [1.82, 2.24) is 4.57 Å². The summed E-state index contributed by atoms with van der Waals surface area (Å²) in [6, 6.07) is 25.1. The van der Waals surface area contributed by atoms with Gasteiger partial charge in [0.25, 0.3) is 0 Å². The zero-order valence-electron chi connectivity index (χ0n) is 23.5. The molecule has 1 aromatic heterocycles. The lowest BCUT2D eigenvalue weighted by Crippen LogP contribution is -2.33. The van der Waals surface area contributed by atoms with Crippen LogP contribution in [0.15, 0.2) is 94.7 Å². The van der Waals surface area contributed by atoms with E-state index in [-0.39, 0.29) is 21.5 Å². The first-order valence-corrected chi connectivity index (χ1v) is 16.4. The smallest absolute Gasteiger partial charge is 0.308 e. The summed E-state index contributed by atoms with van der Waals surface area (Å²) in [6.07, 6.45) is 0. The minimum absolute atomic E-state index is 0.241. The maximum atomic E-state index is 14.1. The lowest BCUT2D eigenvalue weighted by atomic mass is 9.83. The highest BCUT2D eigenvalue weighted by molar-refractivity contribution is 8.00. The standard InChI is InChI=1S/C33H23Cl2N3O5S2/c1-43-19-14-12-18(13-15-19)38-30(40)26-25(21-9-5-10-22(34)27(21)35)29-32(44-28(26)31(38)41)37(33(42)45-29)16-24(39)36-23-11-4-7-17-6-2-3-8-20(17)23/h2-15,25-26,28H,16H2,1H3,(H,36,39)/t25-,26?,28?/m1/s1. The molecular weight excluding hydrogens is 653 g/mol. The molecular formula is C33H23Cl2N3O5S2. The topological polar surface area (TPSA) is 97.7 Å². The van der Waals surface area contributed by atoms with Gasteiger partial charge < -0.3 is 10.1 Å². The average Bonchev–Trinajstić information content (AvgIpc) is 3.49. The Morgan fingerprint density at radius 3 is 2.42 bits per heavy atom. The van der Waals surface area contributed by atoms with Crippen molar-refractivity contribution < 1.29 is 19.1 Å². The minimum Gasteiger partial charge on any atom is -0.497 e. The molecule has 4 aromatic carbocycles. The number of methoxy groups -OCH3 is 1. The Kier molecular flexibility index (Phi) is 7.69. The highest BCUT2D eigenvalue weighted by atomic mass is 35.5. The maximum absolute atomic E-state index is 14.1. The molecule has 0 spiro atoms. The van der Waals surface area contributed by atoms with Gasteiger partial charge in [0.2, 0.25) is 17.7 Å². The van der Waals surface area contributed by atoms with Crippen molar-refractivity contribution in [2.24, 2.45) is 5.92 Å². The predicted molar refractivity (Wildman–Crippen MR) is 178 cm³/mol. The molecule has 226 valence electrons. The molecule has 2 aliphatic heterocycles. The number of imide groups is 1. The van der Waals surface area contributed by atoms with Gasteiger partial charge in [-0.1, -0.05) is 94.8 Å². The SMILES string of the molecule is COc1ccc(N2C(=O)C3Sc4c(sc(=O)n4CC(=O)Nc4cccc5ccccc45)[C@H](c4cccc(Cl)c4Cl)C3C2=O)cc1. The summed E-state index contributed by atoms with van der Waals surface area (Å²) in [5.41, 5.74) is 1.57. The van der Waals surface area contributed by atoms with Gasteiger partial charge in [0.05, 0.1) is 33.8 Å². The fraction of sp³-hybridized carbons (Fsp3) is 0.152. The number of aromatic nitrogens is 1. The van der Waals surface area contributed by atoms with E-state index >= 15 is 0 Å². The summed E-state index contributed by atoms with van der Waals surface area (Å²) in [7, 11) is 1.53. The van der Waals surface area contributed by atoms with Crippen LogP contribution in [-0.2, 0) is 20.9 Å². The van der Waals surface area contributed by atoms with E-state index < -0.39 is 34.8 Å². The van der Waals surface area contributed by atoms with Crippen LogP contribution in [0.25, 0.3) is 10.8 Å². The number of nitrogens with one attached hydrogen (secondary N) is 1. The summed E-state index contributed by atoms with van der Waals surface area (Å²) >= 11 is 15.2. The lowest BCUT2D eigenvalue weighted by molar-refractivity contribution is -0.122. The van der Waals surface area contributed by atoms with E-state index in [2.05, 4.69) is 5.32 Å². The van der Waals surface area contributed by atoms with Crippen LogP contribution >= 0.6 is 46.3 Å². The molecule has 5 aromatic rings. The molecule has 0 saturated carbocycles. The van der Waals surface area contributed by atoms with Crippen LogP contribution in [0.5, 0.6) is 5.75 Å². The molecule has 7 rings (SSSR count). The van der Waals surface area contributed by atoms with Crippen molar-refractivity contribution in [2.75, 3.05) is 17.3 Å². The van der Waals surface area contributed by atoms with E-state index in [9.17, 15) is 19.2 Å². The number of hydrogen-bond donors (Lipinski definition) is 1. The van der Waals surface area contributed by atoms with Gasteiger partial charge in [-0.2, -0.15) is 0 Å². The van der Waals surface area contributed by atoms with E-state index in [0.717, 1.165) is 33.9 Å². The van der Waals surface area contributed by atoms with Crippen LogP contribution in [0.4, 0.5) is 11.4 Å². The fourth-order valence-corrected chi connectivity index (χ4v) is 9.19. The van der Waals surface area contributed by atoms with Gasteiger partial charge in [0.1, 0.15) is 17.5 Å². The maximum Gasteiger partial charge on any atom is 0.308 e. The predicted octanol–water partition coefficient (Wildman–Crippen LogP) is 6.81. The highest BCUT2D eigenvalue weighted by Gasteiger charge is 2.57. The number of anilines is 2. The molecule has 2 unspecified atom stereocenters. The van der Waals surface area contributed by atoms with E-state index in [1.54, 1.807) is 48.5 Å². The lowest BCUT2D eigenvalue weighted by Gasteiger charge is -2.31. The van der Waals surface area contributed by atoms with Gasteiger partial charge in [0.15, 0.2) is 0 Å². The second-order valence-corrected chi connectivity index (χ2v) is 13.5. The van der Waals surface area contributed by atoms with Gasteiger partial charge in [0, 0.05) is 21.9 Å². The van der Waals surface area contributed by atoms with Crippen molar-refractivity contribution in [2.45, 2.75) is 22.7 Å². The van der Waals surface area contributed by atoms with Crippen LogP contribution in [-0.4, -0.2) is 34.6 Å². The number of fused-ring (bicyclic) bond motifs is 3. The number of halogens is 2. The molecule has 3 amide bonds. The number of ether oxygens (including phenoxy) is 1. The van der Waals surface area contributed by atoms with Crippen LogP contribution in [0.1, 0.15) is 16.4 Å². The molecule has 2 aliphatic rings. The number of carbonyl (C=O) groups is 3. The fourth-order valence-electron chi connectivity index (χ4n) is 6.00. The third kappa shape index (κ3) is 5.02.